The zero-order chi connectivity index (χ0) is 24.2. The normalized spacial score (nSPS) is 52.4. The van der Waals surface area contributed by atoms with Crippen LogP contribution in [0.25, 0.3) is 0 Å². The Labute approximate surface area is 203 Å². The van der Waals surface area contributed by atoms with Crippen LogP contribution in [-0.2, 0) is 4.79 Å². The van der Waals surface area contributed by atoms with E-state index in [9.17, 15) is 9.90 Å². The van der Waals surface area contributed by atoms with Crippen molar-refractivity contribution in [2.45, 2.75) is 120 Å². The molecule has 4 saturated carbocycles. The summed E-state index contributed by atoms with van der Waals surface area (Å²) in [5.74, 6) is 2.04. The van der Waals surface area contributed by atoms with Crippen LogP contribution in [0.3, 0.4) is 0 Å². The first-order chi connectivity index (χ1) is 15.1. The van der Waals surface area contributed by atoms with Gasteiger partial charge in [-0.3, -0.25) is 4.79 Å². The minimum absolute atomic E-state index is 0.147. The van der Waals surface area contributed by atoms with E-state index in [4.69, 9.17) is 0 Å². The summed E-state index contributed by atoms with van der Waals surface area (Å²) in [7, 11) is 0. The number of carboxylic acids is 1. The molecule has 0 bridgehead atoms. The summed E-state index contributed by atoms with van der Waals surface area (Å²) >= 11 is 0. The van der Waals surface area contributed by atoms with Crippen LogP contribution in [0.1, 0.15) is 120 Å². The predicted molar refractivity (Wildman–Crippen MR) is 136 cm³/mol. The van der Waals surface area contributed by atoms with E-state index in [1.54, 1.807) is 5.57 Å². The van der Waals surface area contributed by atoms with Crippen molar-refractivity contribution in [3.63, 3.8) is 0 Å². The van der Waals surface area contributed by atoms with E-state index in [1.165, 1.54) is 32.1 Å². The smallest absolute Gasteiger partial charge is 0.310 e. The molecular weight excluding hydrogens is 404 g/mol. The van der Waals surface area contributed by atoms with Crippen molar-refractivity contribution in [3.05, 3.63) is 11.6 Å². The van der Waals surface area contributed by atoms with Crippen LogP contribution in [0.4, 0.5) is 0 Å². The Morgan fingerprint density at radius 1 is 0.879 bits per heavy atom. The van der Waals surface area contributed by atoms with Crippen LogP contribution < -0.4 is 0 Å². The summed E-state index contributed by atoms with van der Waals surface area (Å²) in [6.45, 7) is 20.2. The Hall–Kier alpha value is -0.790. The number of allylic oxidation sites excluding steroid dienone is 2. The van der Waals surface area contributed by atoms with Gasteiger partial charge < -0.3 is 5.11 Å². The van der Waals surface area contributed by atoms with E-state index in [0.717, 1.165) is 49.9 Å². The summed E-state index contributed by atoms with van der Waals surface area (Å²) < 4.78 is 0. The first-order valence-corrected chi connectivity index (χ1v) is 14.1. The summed E-state index contributed by atoms with van der Waals surface area (Å²) in [5, 5.41) is 10.5. The van der Waals surface area contributed by atoms with E-state index in [1.807, 2.05) is 0 Å². The van der Waals surface area contributed by atoms with E-state index < -0.39 is 11.4 Å². The number of hydrogen-bond donors (Lipinski definition) is 1. The lowest BCUT2D eigenvalue weighted by molar-refractivity contribution is -0.195. The molecule has 0 aromatic rings. The molecule has 2 nitrogen and oxygen atoms in total. The highest BCUT2D eigenvalue weighted by Crippen LogP contribution is 2.76. The molecule has 186 valence electrons. The van der Waals surface area contributed by atoms with Crippen molar-refractivity contribution in [1.82, 2.24) is 0 Å². The molecule has 0 aromatic heterocycles. The molecule has 0 spiro atoms. The third-order valence-electron chi connectivity index (χ3n) is 13.6. The van der Waals surface area contributed by atoms with Crippen LogP contribution in [0.15, 0.2) is 11.6 Å². The maximum absolute atomic E-state index is 12.8. The topological polar surface area (TPSA) is 37.3 Å². The largest absolute Gasteiger partial charge is 0.481 e. The zero-order valence-corrected chi connectivity index (χ0v) is 22.8. The molecule has 0 aromatic carbocycles. The van der Waals surface area contributed by atoms with Gasteiger partial charge in [-0.15, -0.1) is 0 Å². The fraction of sp³-hybridized carbons (Fsp3) is 0.903. The van der Waals surface area contributed by atoms with Gasteiger partial charge in [-0.25, -0.2) is 0 Å². The van der Waals surface area contributed by atoms with Gasteiger partial charge >= 0.3 is 5.97 Å². The van der Waals surface area contributed by atoms with Crippen molar-refractivity contribution in [2.75, 3.05) is 0 Å². The molecule has 5 aliphatic rings. The molecule has 0 radical (unpaired) electrons. The highest BCUT2D eigenvalue weighted by Gasteiger charge is 2.68. The van der Waals surface area contributed by atoms with Crippen molar-refractivity contribution in [2.24, 2.45) is 56.2 Å². The van der Waals surface area contributed by atoms with Crippen LogP contribution in [0, 0.1) is 56.2 Å². The quantitative estimate of drug-likeness (QED) is 0.403. The predicted octanol–water partition coefficient (Wildman–Crippen LogP) is 8.51. The third-order valence-corrected chi connectivity index (χ3v) is 13.6. The molecule has 0 heterocycles. The number of hydrogen-bond acceptors (Lipinski definition) is 1. The summed E-state index contributed by atoms with van der Waals surface area (Å²) in [4.78, 5) is 12.8. The molecule has 4 fully saturated rings. The summed E-state index contributed by atoms with van der Waals surface area (Å²) in [6, 6.07) is 0. The Morgan fingerprint density at radius 3 is 2.21 bits per heavy atom. The SMILES string of the molecule is C[C@H]1CC[C@@]2(C)C(CC[C@]3(C)C2CC=C2C4CC(C)(C)CC[C@]4(C(=O)O)CC[C@]23C)C1(C)C. The average Bonchev–Trinajstić information content (AvgIpc) is 2.71. The fourth-order valence-electron chi connectivity index (χ4n) is 10.8. The molecule has 2 heteroatoms. The minimum Gasteiger partial charge on any atom is -0.481 e. The van der Waals surface area contributed by atoms with E-state index in [0.29, 0.717) is 10.8 Å². The van der Waals surface area contributed by atoms with Gasteiger partial charge in [-0.1, -0.05) is 67.0 Å². The molecule has 1 N–H and O–H groups in total. The van der Waals surface area contributed by atoms with Crippen LogP contribution in [0.2, 0.25) is 0 Å². The summed E-state index contributed by atoms with van der Waals surface area (Å²) in [6.07, 6.45) is 14.1. The Kier molecular flexibility index (Phi) is 5.01. The van der Waals surface area contributed by atoms with E-state index in [2.05, 4.69) is 61.5 Å². The number of rotatable bonds is 1. The zero-order valence-electron chi connectivity index (χ0n) is 22.8. The van der Waals surface area contributed by atoms with Crippen LogP contribution in [0.5, 0.6) is 0 Å². The molecule has 5 rings (SSSR count). The Balaban J connectivity index is 1.60. The second-order valence-electron chi connectivity index (χ2n) is 15.4. The monoisotopic (exact) mass is 454 g/mol. The number of fused-ring (bicyclic) bond motifs is 7. The minimum atomic E-state index is -0.520. The maximum atomic E-state index is 12.8. The van der Waals surface area contributed by atoms with Crippen LogP contribution in [-0.4, -0.2) is 11.1 Å². The average molecular weight is 455 g/mol. The van der Waals surface area contributed by atoms with Gasteiger partial charge in [0.1, 0.15) is 0 Å². The third kappa shape index (κ3) is 2.88. The van der Waals surface area contributed by atoms with Gasteiger partial charge in [0.25, 0.3) is 0 Å². The summed E-state index contributed by atoms with van der Waals surface area (Å²) in [5.41, 5.74) is 2.53. The highest BCUT2D eigenvalue weighted by molar-refractivity contribution is 5.76. The molecule has 33 heavy (non-hydrogen) atoms. The lowest BCUT2D eigenvalue weighted by Gasteiger charge is -2.71. The first-order valence-electron chi connectivity index (χ1n) is 14.1. The number of carbonyl (C=O) groups is 1. The second-order valence-corrected chi connectivity index (χ2v) is 15.4. The van der Waals surface area contributed by atoms with E-state index in [-0.39, 0.29) is 22.2 Å². The number of aliphatic carboxylic acids is 1. The molecule has 5 aliphatic carbocycles. The Bertz CT molecular complexity index is 881. The number of carboxylic acid groups (broad SMARTS) is 1. The van der Waals surface area contributed by atoms with Gasteiger partial charge in [-0.2, -0.15) is 0 Å². The van der Waals surface area contributed by atoms with Crippen molar-refractivity contribution in [1.29, 1.82) is 0 Å². The Morgan fingerprint density at radius 2 is 1.55 bits per heavy atom. The van der Waals surface area contributed by atoms with Crippen LogP contribution >= 0.6 is 0 Å². The van der Waals surface area contributed by atoms with Gasteiger partial charge in [0.05, 0.1) is 5.41 Å². The molecule has 8 atom stereocenters. The lowest BCUT2D eigenvalue weighted by Crippen LogP contribution is -2.64. The molecular formula is C31H50O2. The van der Waals surface area contributed by atoms with Crippen molar-refractivity contribution >= 4 is 5.97 Å². The van der Waals surface area contributed by atoms with E-state index >= 15 is 0 Å². The van der Waals surface area contributed by atoms with Gasteiger partial charge in [-0.05, 0) is 115 Å². The lowest BCUT2D eigenvalue weighted by atomic mass is 9.33. The van der Waals surface area contributed by atoms with Gasteiger partial charge in [0.2, 0.25) is 0 Å². The van der Waals surface area contributed by atoms with Crippen molar-refractivity contribution in [3.8, 4) is 0 Å². The highest BCUT2D eigenvalue weighted by atomic mass is 16.4. The first kappa shape index (κ1) is 23.9. The standard InChI is InChI=1S/C31H50O2/c1-20-11-13-28(6)23(27(20,4)5)12-14-30(8)24(28)10-9-21-22-19-26(2,3)15-17-31(22,25(32)33)18-16-29(21,30)7/h9,20,22-24H,10-19H2,1-8H3,(H,32,33)/t20-,22?,23?,24?,28-,29+,30+,31-/m0/s1. The van der Waals surface area contributed by atoms with Gasteiger partial charge in [0.15, 0.2) is 0 Å². The molecule has 3 unspecified atom stereocenters. The fourth-order valence-corrected chi connectivity index (χ4v) is 10.8. The second kappa shape index (κ2) is 6.91. The van der Waals surface area contributed by atoms with Gasteiger partial charge in [0, 0.05) is 0 Å². The molecule has 0 amide bonds. The maximum Gasteiger partial charge on any atom is 0.310 e. The van der Waals surface area contributed by atoms with Crippen molar-refractivity contribution < 1.29 is 9.90 Å². The molecule has 0 aliphatic heterocycles. The molecule has 0 saturated heterocycles.